The number of carbonyl (C=O) groups is 1. The number of benzene rings is 1. The first-order valence-corrected chi connectivity index (χ1v) is 7.69. The normalized spacial score (nSPS) is 19.4. The second-order valence-corrected chi connectivity index (χ2v) is 5.87. The van der Waals surface area contributed by atoms with Gasteiger partial charge >= 0.3 is 5.97 Å². The number of hydrogen-bond acceptors (Lipinski definition) is 3. The lowest BCUT2D eigenvalue weighted by Gasteiger charge is -2.36. The Morgan fingerprint density at radius 1 is 1.43 bits per heavy atom. The highest BCUT2D eigenvalue weighted by molar-refractivity contribution is 5.66. The maximum absolute atomic E-state index is 10.8. The molecule has 0 saturated carbocycles. The van der Waals surface area contributed by atoms with E-state index in [2.05, 4.69) is 24.0 Å². The summed E-state index contributed by atoms with van der Waals surface area (Å²) in [6.45, 7) is 3.97. The molecule has 1 fully saturated rings. The van der Waals surface area contributed by atoms with Crippen molar-refractivity contribution < 1.29 is 14.6 Å². The standard InChI is InChI=1S/C17H25NO3/c1-13-6-8-16(21-2)14(11-13)12-18-10-4-3-5-15(18)7-9-17(19)20/h6,8,11,15H,3-5,7,9-10,12H2,1-2H3,(H,19,20). The number of nitrogens with zero attached hydrogens (tertiary/aromatic N) is 1. The van der Waals surface area contributed by atoms with Crippen molar-refractivity contribution >= 4 is 5.97 Å². The van der Waals surface area contributed by atoms with Gasteiger partial charge in [0.2, 0.25) is 0 Å². The average Bonchev–Trinajstić information content (AvgIpc) is 2.46. The Morgan fingerprint density at radius 2 is 2.24 bits per heavy atom. The summed E-state index contributed by atoms with van der Waals surface area (Å²) in [5.74, 6) is 0.219. The molecule has 1 atom stereocenters. The summed E-state index contributed by atoms with van der Waals surface area (Å²) in [6, 6.07) is 6.61. The van der Waals surface area contributed by atoms with E-state index in [4.69, 9.17) is 9.84 Å². The van der Waals surface area contributed by atoms with E-state index in [0.717, 1.165) is 31.7 Å². The molecule has 4 nitrogen and oxygen atoms in total. The number of aliphatic carboxylic acids is 1. The molecule has 0 aromatic heterocycles. The lowest BCUT2D eigenvalue weighted by atomic mass is 9.97. The Morgan fingerprint density at radius 3 is 2.95 bits per heavy atom. The molecular weight excluding hydrogens is 266 g/mol. The van der Waals surface area contributed by atoms with Crippen LogP contribution in [0.2, 0.25) is 0 Å². The minimum atomic E-state index is -0.700. The fourth-order valence-electron chi connectivity index (χ4n) is 3.13. The molecule has 21 heavy (non-hydrogen) atoms. The molecule has 1 heterocycles. The van der Waals surface area contributed by atoms with Gasteiger partial charge in [0.25, 0.3) is 0 Å². The van der Waals surface area contributed by atoms with Crippen LogP contribution >= 0.6 is 0 Å². The zero-order valence-electron chi connectivity index (χ0n) is 13.0. The number of ether oxygens (including phenoxy) is 1. The maximum atomic E-state index is 10.8. The van der Waals surface area contributed by atoms with Crippen molar-refractivity contribution in [2.24, 2.45) is 0 Å². The van der Waals surface area contributed by atoms with Crippen molar-refractivity contribution in [2.75, 3.05) is 13.7 Å². The largest absolute Gasteiger partial charge is 0.496 e. The van der Waals surface area contributed by atoms with Crippen molar-refractivity contribution in [1.29, 1.82) is 0 Å². The van der Waals surface area contributed by atoms with Crippen LogP contribution in [0.15, 0.2) is 18.2 Å². The number of carboxylic acid groups (broad SMARTS) is 1. The Hall–Kier alpha value is -1.55. The number of carboxylic acids is 1. The molecule has 1 unspecified atom stereocenters. The zero-order chi connectivity index (χ0) is 15.2. The van der Waals surface area contributed by atoms with Gasteiger partial charge in [0.1, 0.15) is 5.75 Å². The Labute approximate surface area is 126 Å². The van der Waals surface area contributed by atoms with E-state index in [9.17, 15) is 4.79 Å². The summed E-state index contributed by atoms with van der Waals surface area (Å²) in [7, 11) is 1.70. The molecule has 0 bridgehead atoms. The van der Waals surface area contributed by atoms with E-state index in [-0.39, 0.29) is 6.42 Å². The van der Waals surface area contributed by atoms with Crippen molar-refractivity contribution in [3.05, 3.63) is 29.3 Å². The summed E-state index contributed by atoms with van der Waals surface area (Å²) in [5.41, 5.74) is 2.42. The number of aryl methyl sites for hydroxylation is 1. The van der Waals surface area contributed by atoms with Gasteiger partial charge in [0, 0.05) is 24.6 Å². The second kappa shape index (κ2) is 7.46. The van der Waals surface area contributed by atoms with Crippen molar-refractivity contribution in [2.45, 2.75) is 51.6 Å². The van der Waals surface area contributed by atoms with Crippen molar-refractivity contribution in [3.8, 4) is 5.75 Å². The molecule has 0 radical (unpaired) electrons. The molecule has 116 valence electrons. The lowest BCUT2D eigenvalue weighted by molar-refractivity contribution is -0.137. The first kappa shape index (κ1) is 15.8. The first-order chi connectivity index (χ1) is 10.1. The molecular formula is C17H25NO3. The molecule has 2 rings (SSSR count). The minimum absolute atomic E-state index is 0.256. The van der Waals surface area contributed by atoms with Gasteiger partial charge in [-0.15, -0.1) is 0 Å². The summed E-state index contributed by atoms with van der Waals surface area (Å²) in [5, 5.41) is 8.90. The molecule has 0 amide bonds. The molecule has 0 spiro atoms. The van der Waals surface area contributed by atoms with E-state index >= 15 is 0 Å². The van der Waals surface area contributed by atoms with Crippen molar-refractivity contribution in [1.82, 2.24) is 4.90 Å². The third-order valence-corrected chi connectivity index (χ3v) is 4.25. The van der Waals surface area contributed by atoms with Crippen LogP contribution in [-0.4, -0.2) is 35.7 Å². The number of rotatable bonds is 6. The van der Waals surface area contributed by atoms with E-state index in [0.29, 0.717) is 6.04 Å². The third kappa shape index (κ3) is 4.46. The van der Waals surface area contributed by atoms with Crippen LogP contribution in [0.5, 0.6) is 5.75 Å². The van der Waals surface area contributed by atoms with Gasteiger partial charge < -0.3 is 9.84 Å². The average molecular weight is 291 g/mol. The topological polar surface area (TPSA) is 49.8 Å². The van der Waals surface area contributed by atoms with Crippen molar-refractivity contribution in [3.63, 3.8) is 0 Å². The van der Waals surface area contributed by atoms with Crippen LogP contribution in [0, 0.1) is 6.92 Å². The van der Waals surface area contributed by atoms with Gasteiger partial charge in [0.05, 0.1) is 7.11 Å². The number of piperidine rings is 1. The van der Waals surface area contributed by atoms with E-state index in [1.807, 2.05) is 6.07 Å². The van der Waals surface area contributed by atoms with Crippen LogP contribution in [0.3, 0.4) is 0 Å². The predicted molar refractivity (Wildman–Crippen MR) is 82.6 cm³/mol. The summed E-state index contributed by atoms with van der Waals surface area (Å²) < 4.78 is 5.45. The smallest absolute Gasteiger partial charge is 0.303 e. The quantitative estimate of drug-likeness (QED) is 0.874. The van der Waals surface area contributed by atoms with Gasteiger partial charge in [-0.1, -0.05) is 24.1 Å². The van der Waals surface area contributed by atoms with Gasteiger partial charge in [0.15, 0.2) is 0 Å². The molecule has 1 aromatic carbocycles. The lowest BCUT2D eigenvalue weighted by Crippen LogP contribution is -2.39. The minimum Gasteiger partial charge on any atom is -0.496 e. The molecule has 0 aliphatic carbocycles. The van der Waals surface area contributed by atoms with Crippen LogP contribution in [0.25, 0.3) is 0 Å². The molecule has 1 aliphatic rings. The zero-order valence-corrected chi connectivity index (χ0v) is 13.0. The predicted octanol–water partition coefficient (Wildman–Crippen LogP) is 3.22. The molecule has 1 aliphatic heterocycles. The fourth-order valence-corrected chi connectivity index (χ4v) is 3.13. The molecule has 1 aromatic rings. The van der Waals surface area contributed by atoms with E-state index < -0.39 is 5.97 Å². The second-order valence-electron chi connectivity index (χ2n) is 5.87. The van der Waals surface area contributed by atoms with Crippen LogP contribution < -0.4 is 4.74 Å². The van der Waals surface area contributed by atoms with Crippen LogP contribution in [0.1, 0.15) is 43.2 Å². The van der Waals surface area contributed by atoms with E-state index in [1.54, 1.807) is 7.11 Å². The van der Waals surface area contributed by atoms with Gasteiger partial charge in [-0.05, 0) is 38.8 Å². The number of methoxy groups -OCH3 is 1. The van der Waals surface area contributed by atoms with Gasteiger partial charge in [-0.25, -0.2) is 0 Å². The number of likely N-dealkylation sites (tertiary alicyclic amines) is 1. The summed E-state index contributed by atoms with van der Waals surface area (Å²) in [4.78, 5) is 13.2. The summed E-state index contributed by atoms with van der Waals surface area (Å²) in [6.07, 6.45) is 4.49. The van der Waals surface area contributed by atoms with E-state index in [1.165, 1.54) is 24.0 Å². The molecule has 1 saturated heterocycles. The Bertz CT molecular complexity index is 487. The fraction of sp³-hybridized carbons (Fsp3) is 0.588. The molecule has 4 heteroatoms. The SMILES string of the molecule is COc1ccc(C)cc1CN1CCCCC1CCC(=O)O. The highest BCUT2D eigenvalue weighted by atomic mass is 16.5. The number of hydrogen-bond donors (Lipinski definition) is 1. The highest BCUT2D eigenvalue weighted by Gasteiger charge is 2.23. The maximum Gasteiger partial charge on any atom is 0.303 e. The van der Waals surface area contributed by atoms with Crippen LogP contribution in [-0.2, 0) is 11.3 Å². The highest BCUT2D eigenvalue weighted by Crippen LogP contribution is 2.27. The van der Waals surface area contributed by atoms with Gasteiger partial charge in [-0.3, -0.25) is 9.69 Å². The Balaban J connectivity index is 2.08. The third-order valence-electron chi connectivity index (χ3n) is 4.25. The first-order valence-electron chi connectivity index (χ1n) is 7.69. The Kier molecular flexibility index (Phi) is 5.62. The van der Waals surface area contributed by atoms with Gasteiger partial charge in [-0.2, -0.15) is 0 Å². The summed E-state index contributed by atoms with van der Waals surface area (Å²) >= 11 is 0. The molecule has 1 N–H and O–H groups in total. The van der Waals surface area contributed by atoms with Crippen LogP contribution in [0.4, 0.5) is 0 Å². The monoisotopic (exact) mass is 291 g/mol.